The summed E-state index contributed by atoms with van der Waals surface area (Å²) in [6.07, 6.45) is 0.253. The molecule has 2 amide bonds. The molecule has 7 heteroatoms. The smallest absolute Gasteiger partial charge is 0.237 e. The molecule has 0 aromatic heterocycles. The second-order valence-electron chi connectivity index (χ2n) is 5.75. The molecule has 1 heterocycles. The van der Waals surface area contributed by atoms with Crippen LogP contribution >= 0.6 is 35.0 Å². The third-order valence-corrected chi connectivity index (χ3v) is 5.59. The van der Waals surface area contributed by atoms with Crippen LogP contribution in [0.3, 0.4) is 0 Å². The lowest BCUT2D eigenvalue weighted by Gasteiger charge is -2.27. The van der Waals surface area contributed by atoms with E-state index >= 15 is 0 Å². The number of halogens is 2. The molecule has 1 aliphatic rings. The van der Waals surface area contributed by atoms with Crippen molar-refractivity contribution >= 4 is 58.2 Å². The maximum atomic E-state index is 12.9. The zero-order chi connectivity index (χ0) is 18.0. The fraction of sp³-hybridized carbons (Fsp3) is 0.222. The van der Waals surface area contributed by atoms with Crippen LogP contribution in [0.15, 0.2) is 47.4 Å². The van der Waals surface area contributed by atoms with Gasteiger partial charge in [-0.2, -0.15) is 0 Å². The van der Waals surface area contributed by atoms with Crippen LogP contribution in [-0.4, -0.2) is 23.6 Å². The summed E-state index contributed by atoms with van der Waals surface area (Å²) in [5.74, 6) is 0.0192. The lowest BCUT2D eigenvalue weighted by Crippen LogP contribution is -2.40. The summed E-state index contributed by atoms with van der Waals surface area (Å²) in [7, 11) is 0. The number of rotatable bonds is 3. The normalized spacial score (nSPS) is 16.8. The molecule has 0 saturated carbocycles. The van der Waals surface area contributed by atoms with Crippen molar-refractivity contribution in [3.63, 3.8) is 0 Å². The maximum Gasteiger partial charge on any atom is 0.237 e. The molecule has 2 aromatic rings. The molecule has 25 heavy (non-hydrogen) atoms. The van der Waals surface area contributed by atoms with Crippen molar-refractivity contribution in [2.24, 2.45) is 0 Å². The van der Waals surface area contributed by atoms with Crippen LogP contribution in [0, 0.1) is 0 Å². The fourth-order valence-corrected chi connectivity index (χ4v) is 4.12. The molecule has 0 aliphatic carbocycles. The zero-order valence-electron chi connectivity index (χ0n) is 13.5. The largest absolute Gasteiger partial charge is 0.324 e. The summed E-state index contributed by atoms with van der Waals surface area (Å²) in [5, 5.41) is 3.98. The lowest BCUT2D eigenvalue weighted by atomic mass is 10.2. The predicted molar refractivity (Wildman–Crippen MR) is 104 cm³/mol. The van der Waals surface area contributed by atoms with Crippen LogP contribution < -0.4 is 10.2 Å². The minimum absolute atomic E-state index is 0.0857. The van der Waals surface area contributed by atoms with E-state index in [1.165, 1.54) is 11.8 Å². The molecule has 3 rings (SSSR count). The van der Waals surface area contributed by atoms with Gasteiger partial charge < -0.3 is 10.2 Å². The lowest BCUT2D eigenvalue weighted by molar-refractivity contribution is -0.117. The molecule has 0 fully saturated rings. The topological polar surface area (TPSA) is 49.4 Å². The second-order valence-corrected chi connectivity index (χ2v) is 7.61. The number of nitrogens with zero attached hydrogens (tertiary/aromatic N) is 1. The van der Waals surface area contributed by atoms with Gasteiger partial charge in [0.25, 0.3) is 0 Å². The molecule has 130 valence electrons. The summed E-state index contributed by atoms with van der Waals surface area (Å²) in [6.45, 7) is 1.87. The molecule has 0 radical (unpaired) electrons. The van der Waals surface area contributed by atoms with Crippen molar-refractivity contribution in [2.45, 2.75) is 24.3 Å². The zero-order valence-corrected chi connectivity index (χ0v) is 15.8. The van der Waals surface area contributed by atoms with Gasteiger partial charge in [-0.15, -0.1) is 11.8 Å². The maximum absolute atomic E-state index is 12.9. The summed E-state index contributed by atoms with van der Waals surface area (Å²) in [6, 6.07) is 12.3. The van der Waals surface area contributed by atoms with Gasteiger partial charge >= 0.3 is 0 Å². The number of benzene rings is 2. The molecule has 1 aliphatic heterocycles. The third-order valence-electron chi connectivity index (χ3n) is 3.87. The summed E-state index contributed by atoms with van der Waals surface area (Å²) < 4.78 is 0. The van der Waals surface area contributed by atoms with Gasteiger partial charge in [-0.1, -0.05) is 35.3 Å². The van der Waals surface area contributed by atoms with Gasteiger partial charge in [0.05, 0.1) is 22.2 Å². The highest BCUT2D eigenvalue weighted by molar-refractivity contribution is 8.00. The van der Waals surface area contributed by atoms with E-state index in [9.17, 15) is 9.59 Å². The highest BCUT2D eigenvalue weighted by atomic mass is 35.5. The first-order valence-electron chi connectivity index (χ1n) is 7.74. The SMILES string of the molecule is CC1CC(=O)Nc2ccccc2N1C(=O)CSc1cc(Cl)ccc1Cl. The van der Waals surface area contributed by atoms with Crippen molar-refractivity contribution < 1.29 is 9.59 Å². The number of carbonyl (C=O) groups excluding carboxylic acids is 2. The second kappa shape index (κ2) is 7.68. The Morgan fingerprint density at radius 3 is 2.84 bits per heavy atom. The molecule has 0 spiro atoms. The van der Waals surface area contributed by atoms with Crippen LogP contribution in [0.25, 0.3) is 0 Å². The van der Waals surface area contributed by atoms with E-state index in [-0.39, 0.29) is 30.0 Å². The van der Waals surface area contributed by atoms with Crippen molar-refractivity contribution in [3.05, 3.63) is 52.5 Å². The average Bonchev–Trinajstić information content (AvgIpc) is 2.69. The summed E-state index contributed by atoms with van der Waals surface area (Å²) >= 11 is 13.5. The predicted octanol–water partition coefficient (Wildman–Crippen LogP) is 4.85. The highest BCUT2D eigenvalue weighted by Gasteiger charge is 2.29. The number of anilines is 2. The van der Waals surface area contributed by atoms with Gasteiger partial charge in [-0.05, 0) is 37.3 Å². The van der Waals surface area contributed by atoms with Gasteiger partial charge in [0.1, 0.15) is 0 Å². The Morgan fingerprint density at radius 2 is 2.04 bits per heavy atom. The van der Waals surface area contributed by atoms with Crippen molar-refractivity contribution in [1.82, 2.24) is 0 Å². The monoisotopic (exact) mass is 394 g/mol. The molecular formula is C18H16Cl2N2O2S. The minimum Gasteiger partial charge on any atom is -0.324 e. The standard InChI is InChI=1S/C18H16Cl2N2O2S/c1-11-8-17(23)21-14-4-2-3-5-15(14)22(11)18(24)10-25-16-9-12(19)6-7-13(16)20/h2-7,9,11H,8,10H2,1H3,(H,21,23). The minimum atomic E-state index is -0.230. The van der Waals surface area contributed by atoms with Crippen LogP contribution in [0.2, 0.25) is 10.0 Å². The molecule has 0 bridgehead atoms. The number of fused-ring (bicyclic) bond motifs is 1. The highest BCUT2D eigenvalue weighted by Crippen LogP contribution is 2.34. The number of carbonyl (C=O) groups is 2. The summed E-state index contributed by atoms with van der Waals surface area (Å²) in [4.78, 5) is 27.3. The quantitative estimate of drug-likeness (QED) is 0.756. The van der Waals surface area contributed by atoms with Gasteiger partial charge in [-0.25, -0.2) is 0 Å². The number of thioether (sulfide) groups is 1. The average molecular weight is 395 g/mol. The Bertz CT molecular complexity index is 828. The number of hydrogen-bond acceptors (Lipinski definition) is 3. The van der Waals surface area contributed by atoms with E-state index in [0.29, 0.717) is 21.4 Å². The first-order valence-corrected chi connectivity index (χ1v) is 9.48. The van der Waals surface area contributed by atoms with Gasteiger partial charge in [-0.3, -0.25) is 9.59 Å². The number of hydrogen-bond donors (Lipinski definition) is 1. The molecule has 1 N–H and O–H groups in total. The van der Waals surface area contributed by atoms with Crippen molar-refractivity contribution in [3.8, 4) is 0 Å². The van der Waals surface area contributed by atoms with Gasteiger partial charge in [0.15, 0.2) is 0 Å². The summed E-state index contributed by atoms with van der Waals surface area (Å²) in [5.41, 5.74) is 1.36. The first-order chi connectivity index (χ1) is 12.0. The molecular weight excluding hydrogens is 379 g/mol. The Hall–Kier alpha value is -1.69. The molecule has 1 atom stereocenters. The van der Waals surface area contributed by atoms with E-state index < -0.39 is 0 Å². The van der Waals surface area contributed by atoms with Crippen LogP contribution in [-0.2, 0) is 9.59 Å². The van der Waals surface area contributed by atoms with E-state index in [1.807, 2.05) is 25.1 Å². The van der Waals surface area contributed by atoms with E-state index in [0.717, 1.165) is 4.90 Å². The van der Waals surface area contributed by atoms with Crippen LogP contribution in [0.4, 0.5) is 11.4 Å². The Balaban J connectivity index is 1.83. The van der Waals surface area contributed by atoms with Gasteiger partial charge in [0.2, 0.25) is 11.8 Å². The number of amides is 2. The molecule has 1 unspecified atom stereocenters. The van der Waals surface area contributed by atoms with E-state index in [2.05, 4.69) is 5.32 Å². The van der Waals surface area contributed by atoms with Gasteiger partial charge in [0, 0.05) is 22.4 Å². The first kappa shape index (κ1) is 18.1. The van der Waals surface area contributed by atoms with Crippen molar-refractivity contribution in [2.75, 3.05) is 16.0 Å². The molecule has 4 nitrogen and oxygen atoms in total. The molecule has 2 aromatic carbocycles. The van der Waals surface area contributed by atoms with E-state index in [1.54, 1.807) is 29.2 Å². The van der Waals surface area contributed by atoms with Crippen molar-refractivity contribution in [1.29, 1.82) is 0 Å². The van der Waals surface area contributed by atoms with E-state index in [4.69, 9.17) is 23.2 Å². The Labute approximate surface area is 160 Å². The Kier molecular flexibility index (Phi) is 5.57. The molecule has 0 saturated heterocycles. The third kappa shape index (κ3) is 4.11. The Morgan fingerprint density at radius 1 is 1.28 bits per heavy atom. The number of nitrogens with one attached hydrogen (secondary N) is 1. The van der Waals surface area contributed by atoms with Crippen LogP contribution in [0.1, 0.15) is 13.3 Å². The fourth-order valence-electron chi connectivity index (χ4n) is 2.76. The number of para-hydroxylation sites is 2. The van der Waals surface area contributed by atoms with Crippen LogP contribution in [0.5, 0.6) is 0 Å².